The number of fused-ring (bicyclic) bond motifs is 1. The topological polar surface area (TPSA) is 105 Å². The average molecular weight is 407 g/mol. The minimum Gasteiger partial charge on any atom is -0.378 e. The molecule has 0 radical (unpaired) electrons. The third-order valence-corrected chi connectivity index (χ3v) is 5.34. The fourth-order valence-corrected chi connectivity index (χ4v) is 3.79. The van der Waals surface area contributed by atoms with E-state index in [1.807, 2.05) is 11.8 Å². The van der Waals surface area contributed by atoms with Crippen LogP contribution in [0.2, 0.25) is 0 Å². The van der Waals surface area contributed by atoms with Crippen molar-refractivity contribution in [1.82, 2.24) is 24.3 Å². The number of imidazole rings is 1. The molecule has 1 aliphatic heterocycles. The van der Waals surface area contributed by atoms with Crippen molar-refractivity contribution < 1.29 is 18.3 Å². The van der Waals surface area contributed by atoms with Crippen LogP contribution < -0.4 is 10.6 Å². The van der Waals surface area contributed by atoms with Gasteiger partial charge >= 0.3 is 6.18 Å². The molecule has 3 N–H and O–H groups in total. The third-order valence-electron chi connectivity index (χ3n) is 5.34. The molecule has 4 heterocycles. The van der Waals surface area contributed by atoms with Crippen LogP contribution in [-0.2, 0) is 6.18 Å². The van der Waals surface area contributed by atoms with E-state index in [9.17, 15) is 18.3 Å². The summed E-state index contributed by atoms with van der Waals surface area (Å²) >= 11 is 0. The third kappa shape index (κ3) is 3.62. The Labute approximate surface area is 164 Å². The van der Waals surface area contributed by atoms with Gasteiger partial charge in [0.1, 0.15) is 17.7 Å². The quantitative estimate of drug-likeness (QED) is 0.641. The molecular formula is C18H20F3N7O. The SMILES string of the molecule is CC1C(C(N)O)CCCN1c1ccnc(-c2cnc3cnc(C(F)(F)F)cn23)n1. The maximum Gasteiger partial charge on any atom is 0.434 e. The molecule has 154 valence electrons. The highest BCUT2D eigenvalue weighted by atomic mass is 19.4. The zero-order chi connectivity index (χ0) is 20.8. The van der Waals surface area contributed by atoms with Crippen LogP contribution in [0, 0.1) is 5.92 Å². The Morgan fingerprint density at radius 2 is 2.03 bits per heavy atom. The molecule has 0 amide bonds. The molecule has 1 saturated heterocycles. The Kier molecular flexibility index (Phi) is 4.87. The summed E-state index contributed by atoms with van der Waals surface area (Å²) < 4.78 is 40.4. The maximum absolute atomic E-state index is 13.0. The molecule has 0 bridgehead atoms. The van der Waals surface area contributed by atoms with Crippen LogP contribution in [0.25, 0.3) is 17.2 Å². The molecule has 1 fully saturated rings. The van der Waals surface area contributed by atoms with E-state index in [2.05, 4.69) is 19.9 Å². The molecule has 3 aromatic rings. The predicted octanol–water partition coefficient (Wildman–Crippen LogP) is 2.09. The molecule has 4 rings (SSSR count). The standard InChI is InChI=1S/C18H20F3N7O/c1-10-11(16(22)29)3-2-6-27(10)14-4-5-23-17(26-14)12-7-25-15-8-24-13(9-28(12)15)18(19,20)21/h4-5,7-11,16,29H,2-3,6,22H2,1H3. The number of anilines is 1. The smallest absolute Gasteiger partial charge is 0.378 e. The van der Waals surface area contributed by atoms with Crippen molar-refractivity contribution in [2.24, 2.45) is 11.7 Å². The number of alkyl halides is 3. The molecule has 3 aromatic heterocycles. The molecule has 0 saturated carbocycles. The summed E-state index contributed by atoms with van der Waals surface area (Å²) in [5, 5.41) is 9.84. The number of aliphatic hydroxyl groups is 1. The second kappa shape index (κ2) is 7.23. The summed E-state index contributed by atoms with van der Waals surface area (Å²) in [5.74, 6) is 0.767. The van der Waals surface area contributed by atoms with Gasteiger partial charge in [0, 0.05) is 30.9 Å². The van der Waals surface area contributed by atoms with Crippen LogP contribution in [0.5, 0.6) is 0 Å². The normalized spacial score (nSPS) is 21.5. The Balaban J connectivity index is 1.72. The van der Waals surface area contributed by atoms with Gasteiger partial charge in [-0.05, 0) is 25.8 Å². The Hall–Kier alpha value is -2.79. The first-order valence-electron chi connectivity index (χ1n) is 9.19. The number of hydrogen-bond donors (Lipinski definition) is 2. The second-order valence-electron chi connectivity index (χ2n) is 7.11. The molecule has 3 unspecified atom stereocenters. The molecule has 0 aliphatic carbocycles. The van der Waals surface area contributed by atoms with Gasteiger partial charge in [-0.2, -0.15) is 13.2 Å². The van der Waals surface area contributed by atoms with Crippen molar-refractivity contribution in [3.8, 4) is 11.5 Å². The van der Waals surface area contributed by atoms with Gasteiger partial charge in [0.2, 0.25) is 0 Å². The number of halogens is 3. The molecule has 1 aliphatic rings. The largest absolute Gasteiger partial charge is 0.434 e. The van der Waals surface area contributed by atoms with Gasteiger partial charge in [0.05, 0.1) is 12.4 Å². The van der Waals surface area contributed by atoms with Crippen LogP contribution in [0.3, 0.4) is 0 Å². The minimum absolute atomic E-state index is 0.0466. The lowest BCUT2D eigenvalue weighted by molar-refractivity contribution is -0.141. The van der Waals surface area contributed by atoms with Gasteiger partial charge in [-0.15, -0.1) is 0 Å². The lowest BCUT2D eigenvalue weighted by Gasteiger charge is -2.41. The number of piperidine rings is 1. The summed E-state index contributed by atoms with van der Waals surface area (Å²) in [6, 6.07) is 1.69. The first-order chi connectivity index (χ1) is 13.8. The number of nitrogens with zero attached hydrogens (tertiary/aromatic N) is 6. The number of aromatic nitrogens is 5. The van der Waals surface area contributed by atoms with Gasteiger partial charge in [0.25, 0.3) is 0 Å². The van der Waals surface area contributed by atoms with Crippen molar-refractivity contribution in [3.05, 3.63) is 36.5 Å². The monoisotopic (exact) mass is 407 g/mol. The molecule has 29 heavy (non-hydrogen) atoms. The lowest BCUT2D eigenvalue weighted by Crippen LogP contribution is -2.50. The zero-order valence-corrected chi connectivity index (χ0v) is 15.6. The van der Waals surface area contributed by atoms with E-state index < -0.39 is 18.1 Å². The van der Waals surface area contributed by atoms with E-state index in [0.29, 0.717) is 11.5 Å². The van der Waals surface area contributed by atoms with E-state index in [0.717, 1.165) is 31.8 Å². The first kappa shape index (κ1) is 19.5. The second-order valence-corrected chi connectivity index (χ2v) is 7.11. The molecule has 0 spiro atoms. The average Bonchev–Trinajstić information content (AvgIpc) is 3.10. The fourth-order valence-electron chi connectivity index (χ4n) is 3.79. The van der Waals surface area contributed by atoms with E-state index in [-0.39, 0.29) is 23.4 Å². The first-order valence-corrected chi connectivity index (χ1v) is 9.19. The number of nitrogens with two attached hydrogens (primary N) is 1. The lowest BCUT2D eigenvalue weighted by atomic mass is 9.89. The fraction of sp³-hybridized carbons (Fsp3) is 0.444. The molecule has 11 heteroatoms. The number of hydrogen-bond acceptors (Lipinski definition) is 7. The van der Waals surface area contributed by atoms with Crippen LogP contribution in [0.15, 0.2) is 30.9 Å². The van der Waals surface area contributed by atoms with E-state index in [1.165, 1.54) is 10.6 Å². The Bertz CT molecular complexity index is 1020. The Morgan fingerprint density at radius 1 is 1.24 bits per heavy atom. The van der Waals surface area contributed by atoms with Gasteiger partial charge in [-0.25, -0.2) is 19.9 Å². The summed E-state index contributed by atoms with van der Waals surface area (Å²) in [6.07, 6.45) is 1.09. The zero-order valence-electron chi connectivity index (χ0n) is 15.6. The molecule has 0 aromatic carbocycles. The van der Waals surface area contributed by atoms with Crippen molar-refractivity contribution in [2.45, 2.75) is 38.2 Å². The number of rotatable bonds is 3. The van der Waals surface area contributed by atoms with E-state index >= 15 is 0 Å². The minimum atomic E-state index is -4.57. The summed E-state index contributed by atoms with van der Waals surface area (Å²) in [7, 11) is 0. The van der Waals surface area contributed by atoms with Gasteiger partial charge in [0.15, 0.2) is 17.2 Å². The van der Waals surface area contributed by atoms with Gasteiger partial charge < -0.3 is 15.7 Å². The van der Waals surface area contributed by atoms with Gasteiger partial charge in [-0.1, -0.05) is 0 Å². The van der Waals surface area contributed by atoms with Crippen molar-refractivity contribution in [3.63, 3.8) is 0 Å². The highest BCUT2D eigenvalue weighted by Gasteiger charge is 2.34. The summed E-state index contributed by atoms with van der Waals surface area (Å²) in [6.45, 7) is 2.70. The molecule has 3 atom stereocenters. The van der Waals surface area contributed by atoms with Crippen molar-refractivity contribution in [1.29, 1.82) is 0 Å². The highest BCUT2D eigenvalue weighted by molar-refractivity contribution is 5.58. The van der Waals surface area contributed by atoms with Crippen LogP contribution in [0.1, 0.15) is 25.5 Å². The van der Waals surface area contributed by atoms with Crippen molar-refractivity contribution in [2.75, 3.05) is 11.4 Å². The maximum atomic E-state index is 13.0. The van der Waals surface area contributed by atoms with Crippen molar-refractivity contribution >= 4 is 11.5 Å². The van der Waals surface area contributed by atoms with E-state index in [4.69, 9.17) is 5.73 Å². The summed E-state index contributed by atoms with van der Waals surface area (Å²) in [4.78, 5) is 18.3. The highest BCUT2D eigenvalue weighted by Crippen LogP contribution is 2.31. The van der Waals surface area contributed by atoms with Crippen LogP contribution in [0.4, 0.5) is 19.0 Å². The van der Waals surface area contributed by atoms with Gasteiger partial charge in [-0.3, -0.25) is 4.40 Å². The number of aliphatic hydroxyl groups excluding tert-OH is 1. The van der Waals surface area contributed by atoms with Crippen LogP contribution in [-0.4, -0.2) is 48.3 Å². The summed E-state index contributed by atoms with van der Waals surface area (Å²) in [5.41, 5.74) is 5.27. The Morgan fingerprint density at radius 3 is 2.76 bits per heavy atom. The molecule has 8 nitrogen and oxygen atoms in total. The van der Waals surface area contributed by atoms with E-state index in [1.54, 1.807) is 12.3 Å². The van der Waals surface area contributed by atoms with Crippen LogP contribution >= 0.6 is 0 Å². The predicted molar refractivity (Wildman–Crippen MR) is 98.7 cm³/mol. The molecular weight excluding hydrogens is 387 g/mol.